The Labute approximate surface area is 188 Å². The first-order valence-corrected chi connectivity index (χ1v) is 9.52. The van der Waals surface area contributed by atoms with E-state index in [2.05, 4.69) is 52.0 Å². The number of nitrogens with one attached hydrogen (secondary N) is 2. The van der Waals surface area contributed by atoms with Crippen molar-refractivity contribution in [3.05, 3.63) is 78.4 Å². The fourth-order valence-electron chi connectivity index (χ4n) is 3.37. The number of aromatic nitrogens is 2. The summed E-state index contributed by atoms with van der Waals surface area (Å²) in [5.74, 6) is -0.0716. The fourth-order valence-corrected chi connectivity index (χ4v) is 3.37. The highest BCUT2D eigenvalue weighted by atomic mass is 35.5. The van der Waals surface area contributed by atoms with Crippen molar-refractivity contribution < 1.29 is 9.53 Å². The molecule has 2 N–H and O–H groups in total. The summed E-state index contributed by atoms with van der Waals surface area (Å²) in [5, 5.41) is 6.19. The minimum Gasteiger partial charge on any atom is -0.366 e. The van der Waals surface area contributed by atoms with Crippen molar-refractivity contribution >= 4 is 30.7 Å². The van der Waals surface area contributed by atoms with Crippen LogP contribution < -0.4 is 10.6 Å². The molecule has 1 fully saturated rings. The van der Waals surface area contributed by atoms with Crippen molar-refractivity contribution in [3.63, 3.8) is 0 Å². The van der Waals surface area contributed by atoms with Gasteiger partial charge in [-0.3, -0.25) is 4.79 Å². The monoisotopic (exact) mass is 448 g/mol. The number of halogens is 2. The van der Waals surface area contributed by atoms with Crippen LogP contribution in [0.15, 0.2) is 67.3 Å². The van der Waals surface area contributed by atoms with Gasteiger partial charge in [0, 0.05) is 38.6 Å². The Hall–Kier alpha value is -2.38. The summed E-state index contributed by atoms with van der Waals surface area (Å²) in [4.78, 5) is 16.4. The van der Waals surface area contributed by atoms with Crippen LogP contribution in [0.25, 0.3) is 11.1 Å². The summed E-state index contributed by atoms with van der Waals surface area (Å²) in [6, 6.07) is 16.7. The molecule has 30 heavy (non-hydrogen) atoms. The van der Waals surface area contributed by atoms with Crippen molar-refractivity contribution in [3.8, 4) is 11.1 Å². The Morgan fingerprint density at radius 1 is 1.17 bits per heavy atom. The average Bonchev–Trinajstić information content (AvgIpc) is 3.26. The van der Waals surface area contributed by atoms with E-state index in [-0.39, 0.29) is 30.7 Å². The number of carbonyl (C=O) groups is 1. The first kappa shape index (κ1) is 23.9. The maximum Gasteiger partial charge on any atom is 0.250 e. The lowest BCUT2D eigenvalue weighted by Gasteiger charge is -2.23. The van der Waals surface area contributed by atoms with Crippen LogP contribution in [-0.2, 0) is 22.6 Å². The Kier molecular flexibility index (Phi) is 9.33. The molecule has 1 unspecified atom stereocenters. The molecule has 0 saturated carbocycles. The van der Waals surface area contributed by atoms with E-state index in [1.807, 2.05) is 29.2 Å². The highest BCUT2D eigenvalue weighted by Gasteiger charge is 2.21. The number of carbonyl (C=O) groups excluding carboxylic acids is 1. The summed E-state index contributed by atoms with van der Waals surface area (Å²) < 4.78 is 7.56. The van der Waals surface area contributed by atoms with Gasteiger partial charge in [-0.05, 0) is 22.3 Å². The number of benzene rings is 2. The lowest BCUT2D eigenvalue weighted by atomic mass is 9.98. The minimum absolute atomic E-state index is 0. The van der Waals surface area contributed by atoms with Crippen molar-refractivity contribution in [2.24, 2.45) is 0 Å². The molecule has 0 bridgehead atoms. The molecule has 1 aromatic heterocycles. The molecule has 8 heteroatoms. The molecule has 1 saturated heterocycles. The van der Waals surface area contributed by atoms with Gasteiger partial charge in [-0.2, -0.15) is 0 Å². The van der Waals surface area contributed by atoms with Gasteiger partial charge in [0.2, 0.25) is 0 Å². The zero-order valence-corrected chi connectivity index (χ0v) is 18.1. The van der Waals surface area contributed by atoms with E-state index in [4.69, 9.17) is 4.74 Å². The van der Waals surface area contributed by atoms with Crippen LogP contribution in [0, 0.1) is 0 Å². The Morgan fingerprint density at radius 2 is 1.97 bits per heavy atom. The number of amides is 1. The van der Waals surface area contributed by atoms with E-state index in [0.717, 1.165) is 29.8 Å². The predicted molar refractivity (Wildman–Crippen MR) is 122 cm³/mol. The summed E-state index contributed by atoms with van der Waals surface area (Å²) in [6.45, 7) is 3.20. The molecule has 6 nitrogen and oxygen atoms in total. The highest BCUT2D eigenvalue weighted by molar-refractivity contribution is 5.85. The zero-order valence-electron chi connectivity index (χ0n) is 16.5. The van der Waals surface area contributed by atoms with Gasteiger partial charge in [-0.25, -0.2) is 4.98 Å². The van der Waals surface area contributed by atoms with Gasteiger partial charge in [0.1, 0.15) is 6.10 Å². The lowest BCUT2D eigenvalue weighted by Crippen LogP contribution is -2.47. The van der Waals surface area contributed by atoms with Crippen molar-refractivity contribution in [1.29, 1.82) is 0 Å². The average molecular weight is 449 g/mol. The third-order valence-electron chi connectivity index (χ3n) is 4.88. The van der Waals surface area contributed by atoms with Gasteiger partial charge in [0.15, 0.2) is 0 Å². The molecule has 160 valence electrons. The number of rotatable bonds is 6. The van der Waals surface area contributed by atoms with Gasteiger partial charge >= 0.3 is 0 Å². The molecule has 2 aromatic carbocycles. The van der Waals surface area contributed by atoms with Gasteiger partial charge in [-0.1, -0.05) is 48.5 Å². The summed E-state index contributed by atoms with van der Waals surface area (Å²) in [5.41, 5.74) is 4.56. The fraction of sp³-hybridized carbons (Fsp3) is 0.273. The molecule has 0 radical (unpaired) electrons. The van der Waals surface area contributed by atoms with Gasteiger partial charge < -0.3 is 19.9 Å². The third kappa shape index (κ3) is 6.06. The Morgan fingerprint density at radius 3 is 2.67 bits per heavy atom. The maximum atomic E-state index is 12.3. The molecule has 4 rings (SSSR count). The summed E-state index contributed by atoms with van der Waals surface area (Å²) >= 11 is 0. The molecular formula is C22H26Cl2N4O2. The third-order valence-corrected chi connectivity index (χ3v) is 4.88. The van der Waals surface area contributed by atoms with E-state index in [1.165, 1.54) is 5.56 Å². The van der Waals surface area contributed by atoms with E-state index in [0.29, 0.717) is 19.7 Å². The number of ether oxygens (including phenoxy) is 1. The number of morpholine rings is 1. The predicted octanol–water partition coefficient (Wildman–Crippen LogP) is 3.05. The second kappa shape index (κ2) is 11.7. The molecule has 1 aliphatic heterocycles. The largest absolute Gasteiger partial charge is 0.366 e. The van der Waals surface area contributed by atoms with Gasteiger partial charge in [0.25, 0.3) is 5.91 Å². The topological polar surface area (TPSA) is 68.2 Å². The summed E-state index contributed by atoms with van der Waals surface area (Å²) in [7, 11) is 0. The summed E-state index contributed by atoms with van der Waals surface area (Å²) in [6.07, 6.45) is 5.14. The SMILES string of the molecule is Cl.Cl.O=C(NCc1ccccc1-c1ccc(Cn2ccnc2)cc1)C1CNCCO1. The zero-order chi connectivity index (χ0) is 19.2. The molecule has 1 atom stereocenters. The van der Waals surface area contributed by atoms with Gasteiger partial charge in [0.05, 0.1) is 12.9 Å². The molecule has 0 spiro atoms. The van der Waals surface area contributed by atoms with E-state index < -0.39 is 6.10 Å². The van der Waals surface area contributed by atoms with Crippen LogP contribution in [0.2, 0.25) is 0 Å². The van der Waals surface area contributed by atoms with Gasteiger partial charge in [-0.15, -0.1) is 24.8 Å². The molecule has 2 heterocycles. The molecule has 1 amide bonds. The second-order valence-electron chi connectivity index (χ2n) is 6.87. The Bertz CT molecular complexity index is 911. The van der Waals surface area contributed by atoms with E-state index in [1.54, 1.807) is 6.20 Å². The van der Waals surface area contributed by atoms with Crippen LogP contribution in [0.4, 0.5) is 0 Å². The highest BCUT2D eigenvalue weighted by Crippen LogP contribution is 2.24. The number of hydrogen-bond acceptors (Lipinski definition) is 4. The number of imidazole rings is 1. The van der Waals surface area contributed by atoms with Crippen LogP contribution in [-0.4, -0.2) is 41.3 Å². The van der Waals surface area contributed by atoms with Crippen LogP contribution >= 0.6 is 24.8 Å². The van der Waals surface area contributed by atoms with Crippen LogP contribution in [0.1, 0.15) is 11.1 Å². The van der Waals surface area contributed by atoms with Crippen LogP contribution in [0.3, 0.4) is 0 Å². The first-order valence-electron chi connectivity index (χ1n) is 9.52. The van der Waals surface area contributed by atoms with Crippen molar-refractivity contribution in [2.75, 3.05) is 19.7 Å². The smallest absolute Gasteiger partial charge is 0.250 e. The van der Waals surface area contributed by atoms with Crippen molar-refractivity contribution in [1.82, 2.24) is 20.2 Å². The molecule has 0 aliphatic carbocycles. The normalized spacial score (nSPS) is 15.5. The van der Waals surface area contributed by atoms with E-state index >= 15 is 0 Å². The first-order chi connectivity index (χ1) is 13.8. The van der Waals surface area contributed by atoms with Crippen molar-refractivity contribution in [2.45, 2.75) is 19.2 Å². The molecular weight excluding hydrogens is 423 g/mol. The van der Waals surface area contributed by atoms with E-state index in [9.17, 15) is 4.79 Å². The standard InChI is InChI=1S/C22H24N4O2.2ClH/c27-22(21-14-23-10-12-28-21)25-13-19-3-1-2-4-20(19)18-7-5-17(6-8-18)15-26-11-9-24-16-26;;/h1-9,11,16,21,23H,10,12-15H2,(H,25,27);2*1H. The molecule has 1 aliphatic rings. The molecule has 3 aromatic rings. The number of nitrogens with zero attached hydrogens (tertiary/aromatic N) is 2. The minimum atomic E-state index is -0.414. The quantitative estimate of drug-likeness (QED) is 0.607. The second-order valence-corrected chi connectivity index (χ2v) is 6.87. The van der Waals surface area contributed by atoms with Crippen LogP contribution in [0.5, 0.6) is 0 Å². The Balaban J connectivity index is 0.00000160. The maximum absolute atomic E-state index is 12.3. The number of hydrogen-bond donors (Lipinski definition) is 2. The lowest BCUT2D eigenvalue weighted by molar-refractivity contribution is -0.134.